The fraction of sp³-hybridized carbons (Fsp3) is 0.409. The van der Waals surface area contributed by atoms with E-state index in [-0.39, 0.29) is 12.2 Å². The van der Waals surface area contributed by atoms with Crippen LogP contribution < -0.4 is 15.8 Å². The average molecular weight is 365 g/mol. The van der Waals surface area contributed by atoms with Gasteiger partial charge in [-0.15, -0.1) is 0 Å². The Kier molecular flexibility index (Phi) is 5.30. The molecule has 3 N–H and O–H groups in total. The van der Waals surface area contributed by atoms with E-state index in [9.17, 15) is 0 Å². The van der Waals surface area contributed by atoms with Crippen LogP contribution in [0.15, 0.2) is 47.5 Å². The summed E-state index contributed by atoms with van der Waals surface area (Å²) in [4.78, 5) is 4.42. The molecule has 2 aliphatic heterocycles. The molecule has 0 aliphatic carbocycles. The van der Waals surface area contributed by atoms with Gasteiger partial charge in [0.1, 0.15) is 11.9 Å². The first-order chi connectivity index (χ1) is 13.2. The van der Waals surface area contributed by atoms with Crippen molar-refractivity contribution >= 4 is 5.96 Å². The first-order valence-corrected chi connectivity index (χ1v) is 9.71. The lowest BCUT2D eigenvalue weighted by atomic mass is 10.00. The Morgan fingerprint density at radius 2 is 2.00 bits per heavy atom. The lowest BCUT2D eigenvalue weighted by Gasteiger charge is -2.11. The van der Waals surface area contributed by atoms with Crippen molar-refractivity contribution in [1.29, 1.82) is 0 Å². The zero-order valence-corrected chi connectivity index (χ0v) is 15.8. The lowest BCUT2D eigenvalue weighted by molar-refractivity contribution is 0.114. The van der Waals surface area contributed by atoms with Gasteiger partial charge in [0.25, 0.3) is 0 Å². The molecule has 0 spiro atoms. The van der Waals surface area contributed by atoms with E-state index in [2.05, 4.69) is 59.7 Å². The topological polar surface area (TPSA) is 68.9 Å². The smallest absolute Gasteiger partial charge is 0.189 e. The number of nitrogens with zero attached hydrogens (tertiary/aromatic N) is 1. The van der Waals surface area contributed by atoms with Gasteiger partial charge in [-0.05, 0) is 54.2 Å². The van der Waals surface area contributed by atoms with Gasteiger partial charge in [-0.2, -0.15) is 0 Å². The van der Waals surface area contributed by atoms with E-state index in [0.717, 1.165) is 43.7 Å². The number of nitrogens with two attached hydrogens (primary N) is 1. The van der Waals surface area contributed by atoms with Crippen molar-refractivity contribution in [3.8, 4) is 16.9 Å². The normalized spacial score (nSPS) is 21.7. The second-order valence-electron chi connectivity index (χ2n) is 7.37. The van der Waals surface area contributed by atoms with Crippen LogP contribution in [0.3, 0.4) is 0 Å². The summed E-state index contributed by atoms with van der Waals surface area (Å²) >= 11 is 0. The molecule has 0 bridgehead atoms. The number of hydrogen-bond acceptors (Lipinski definition) is 3. The summed E-state index contributed by atoms with van der Waals surface area (Å²) in [7, 11) is 0. The summed E-state index contributed by atoms with van der Waals surface area (Å²) in [5.74, 6) is 1.49. The molecule has 0 amide bonds. The summed E-state index contributed by atoms with van der Waals surface area (Å²) in [6.07, 6.45) is 3.74. The van der Waals surface area contributed by atoms with Crippen molar-refractivity contribution in [2.24, 2.45) is 10.7 Å². The maximum Gasteiger partial charge on any atom is 0.189 e. The van der Waals surface area contributed by atoms with Crippen LogP contribution in [0.5, 0.6) is 5.75 Å². The van der Waals surface area contributed by atoms with Gasteiger partial charge >= 0.3 is 0 Å². The number of nitrogens with one attached hydrogen (secondary N) is 1. The Morgan fingerprint density at radius 3 is 2.78 bits per heavy atom. The minimum absolute atomic E-state index is 0.263. The average Bonchev–Trinajstić information content (AvgIpc) is 3.33. The quantitative estimate of drug-likeness (QED) is 0.630. The van der Waals surface area contributed by atoms with Gasteiger partial charge in [-0.1, -0.05) is 30.3 Å². The molecule has 0 radical (unpaired) electrons. The predicted molar refractivity (Wildman–Crippen MR) is 108 cm³/mol. The van der Waals surface area contributed by atoms with Crippen molar-refractivity contribution in [3.63, 3.8) is 0 Å². The van der Waals surface area contributed by atoms with Crippen LogP contribution in [0.1, 0.15) is 30.9 Å². The fourth-order valence-electron chi connectivity index (χ4n) is 3.66. The maximum absolute atomic E-state index is 5.96. The fourth-order valence-corrected chi connectivity index (χ4v) is 3.66. The molecule has 2 heterocycles. The van der Waals surface area contributed by atoms with E-state index >= 15 is 0 Å². The van der Waals surface area contributed by atoms with E-state index in [0.29, 0.717) is 12.5 Å². The standard InChI is InChI=1S/C22H27N3O2/c1-15-11-19-12-18(8-9-21(19)27-15)17-6-4-16(5-7-17)13-24-22(23)25-14-20-3-2-10-26-20/h4-9,12,15,20H,2-3,10-11,13-14H2,1H3,(H3,23,24,25). The highest BCUT2D eigenvalue weighted by molar-refractivity contribution is 5.77. The van der Waals surface area contributed by atoms with Crippen LogP contribution in [0.4, 0.5) is 0 Å². The van der Waals surface area contributed by atoms with Crippen molar-refractivity contribution in [2.75, 3.05) is 13.2 Å². The van der Waals surface area contributed by atoms with Gasteiger partial charge in [0.15, 0.2) is 5.96 Å². The van der Waals surface area contributed by atoms with Gasteiger partial charge in [-0.3, -0.25) is 0 Å². The monoisotopic (exact) mass is 365 g/mol. The first kappa shape index (κ1) is 17.9. The van der Waals surface area contributed by atoms with E-state index in [1.807, 2.05) is 0 Å². The predicted octanol–water partition coefficient (Wildman–Crippen LogP) is 3.26. The minimum atomic E-state index is 0.263. The SMILES string of the molecule is CC1Cc2cc(-c3ccc(CN=C(N)NCC4CCCO4)cc3)ccc2O1. The maximum atomic E-state index is 5.96. The second-order valence-corrected chi connectivity index (χ2v) is 7.37. The molecule has 1 saturated heterocycles. The van der Waals surface area contributed by atoms with E-state index in [1.165, 1.54) is 16.7 Å². The molecule has 5 heteroatoms. The molecule has 0 aromatic heterocycles. The number of rotatable bonds is 5. The molecule has 142 valence electrons. The zero-order valence-electron chi connectivity index (χ0n) is 15.8. The molecular formula is C22H27N3O2. The Labute approximate surface area is 160 Å². The minimum Gasteiger partial charge on any atom is -0.490 e. The number of aliphatic imine (C=N–C) groups is 1. The molecule has 5 nitrogen and oxygen atoms in total. The van der Waals surface area contributed by atoms with Crippen LogP contribution >= 0.6 is 0 Å². The summed E-state index contributed by atoms with van der Waals surface area (Å²) in [5.41, 5.74) is 10.8. The third kappa shape index (κ3) is 4.42. The first-order valence-electron chi connectivity index (χ1n) is 9.71. The van der Waals surface area contributed by atoms with Crippen molar-refractivity contribution < 1.29 is 9.47 Å². The van der Waals surface area contributed by atoms with Gasteiger partial charge in [-0.25, -0.2) is 4.99 Å². The van der Waals surface area contributed by atoms with Gasteiger partial charge in [0, 0.05) is 19.6 Å². The second kappa shape index (κ2) is 8.01. The number of benzene rings is 2. The molecule has 4 rings (SSSR count). The Hall–Kier alpha value is -2.53. The van der Waals surface area contributed by atoms with E-state index < -0.39 is 0 Å². The molecule has 0 saturated carbocycles. The van der Waals surface area contributed by atoms with E-state index in [4.69, 9.17) is 15.2 Å². The van der Waals surface area contributed by atoms with Crippen LogP contribution in [0.2, 0.25) is 0 Å². The van der Waals surface area contributed by atoms with Gasteiger partial charge < -0.3 is 20.5 Å². The number of ether oxygens (including phenoxy) is 2. The molecular weight excluding hydrogens is 338 g/mol. The van der Waals surface area contributed by atoms with Crippen molar-refractivity contribution in [2.45, 2.75) is 44.9 Å². The summed E-state index contributed by atoms with van der Waals surface area (Å²) < 4.78 is 11.4. The highest BCUT2D eigenvalue weighted by atomic mass is 16.5. The number of guanidine groups is 1. The molecule has 1 fully saturated rings. The van der Waals surface area contributed by atoms with Gasteiger partial charge in [0.05, 0.1) is 12.6 Å². The van der Waals surface area contributed by atoms with Crippen LogP contribution in [0, 0.1) is 0 Å². The molecule has 2 aromatic carbocycles. The molecule has 2 aliphatic rings. The largest absolute Gasteiger partial charge is 0.490 e. The van der Waals surface area contributed by atoms with Crippen LogP contribution in [-0.2, 0) is 17.7 Å². The third-order valence-electron chi connectivity index (χ3n) is 5.15. The number of hydrogen-bond donors (Lipinski definition) is 2. The molecule has 2 atom stereocenters. The molecule has 27 heavy (non-hydrogen) atoms. The third-order valence-corrected chi connectivity index (χ3v) is 5.15. The van der Waals surface area contributed by atoms with E-state index in [1.54, 1.807) is 0 Å². The Balaban J connectivity index is 1.35. The zero-order chi connectivity index (χ0) is 18.6. The molecule has 2 unspecified atom stereocenters. The van der Waals surface area contributed by atoms with Crippen LogP contribution in [-0.4, -0.2) is 31.3 Å². The lowest BCUT2D eigenvalue weighted by Crippen LogP contribution is -2.37. The summed E-state index contributed by atoms with van der Waals surface area (Å²) in [5, 5.41) is 3.15. The summed E-state index contributed by atoms with van der Waals surface area (Å²) in [6.45, 7) is 4.26. The Bertz CT molecular complexity index is 811. The Morgan fingerprint density at radius 1 is 1.19 bits per heavy atom. The molecule has 2 aromatic rings. The van der Waals surface area contributed by atoms with Crippen LogP contribution in [0.25, 0.3) is 11.1 Å². The van der Waals surface area contributed by atoms with Gasteiger partial charge in [0.2, 0.25) is 0 Å². The highest BCUT2D eigenvalue weighted by Crippen LogP contribution is 2.32. The highest BCUT2D eigenvalue weighted by Gasteiger charge is 2.19. The van der Waals surface area contributed by atoms with Crippen molar-refractivity contribution in [1.82, 2.24) is 5.32 Å². The summed E-state index contributed by atoms with van der Waals surface area (Å²) in [6, 6.07) is 14.9. The number of fused-ring (bicyclic) bond motifs is 1. The van der Waals surface area contributed by atoms with Crippen molar-refractivity contribution in [3.05, 3.63) is 53.6 Å².